The molecule has 0 fully saturated rings. The third-order valence-electron chi connectivity index (χ3n) is 7.85. The molecule has 0 unspecified atom stereocenters. The third kappa shape index (κ3) is 3.95. The van der Waals surface area contributed by atoms with Crippen LogP contribution in [0.2, 0.25) is 0 Å². The van der Waals surface area contributed by atoms with E-state index in [0.29, 0.717) is 12.8 Å². The summed E-state index contributed by atoms with van der Waals surface area (Å²) in [6.07, 6.45) is 2.54. The second kappa shape index (κ2) is 8.81. The first-order valence-electron chi connectivity index (χ1n) is 12.5. The van der Waals surface area contributed by atoms with Crippen LogP contribution in [0.4, 0.5) is 0 Å². The number of carbonyl (C=O) groups excluding carboxylic acids is 2. The van der Waals surface area contributed by atoms with Gasteiger partial charge in [-0.3, -0.25) is 9.59 Å². The molecule has 3 aliphatic rings. The molecule has 0 radical (unpaired) electrons. The summed E-state index contributed by atoms with van der Waals surface area (Å²) >= 11 is 0. The molecule has 3 heteroatoms. The van der Waals surface area contributed by atoms with Crippen molar-refractivity contribution in [2.75, 3.05) is 0 Å². The van der Waals surface area contributed by atoms with Gasteiger partial charge in [0.2, 0.25) is 0 Å². The van der Waals surface area contributed by atoms with Crippen molar-refractivity contribution in [3.63, 3.8) is 0 Å². The molecule has 0 saturated heterocycles. The minimum atomic E-state index is -0.282. The minimum absolute atomic E-state index is 0.153. The van der Waals surface area contributed by atoms with Gasteiger partial charge in [-0.1, -0.05) is 90.5 Å². The molecule has 0 saturated carbocycles. The van der Waals surface area contributed by atoms with Crippen LogP contribution in [-0.4, -0.2) is 11.6 Å². The highest BCUT2D eigenvalue weighted by Crippen LogP contribution is 2.49. The Labute approximate surface area is 206 Å². The zero-order valence-electron chi connectivity index (χ0n) is 20.0. The monoisotopic (exact) mass is 459 g/mol. The lowest BCUT2D eigenvalue weighted by Crippen LogP contribution is -2.38. The van der Waals surface area contributed by atoms with Crippen molar-refractivity contribution >= 4 is 11.6 Å². The maximum absolute atomic E-state index is 13.7. The summed E-state index contributed by atoms with van der Waals surface area (Å²) in [5.74, 6) is 0.334. The highest BCUT2D eigenvalue weighted by atomic mass is 16.1. The van der Waals surface area contributed by atoms with Crippen LogP contribution < -0.4 is 5.32 Å². The van der Waals surface area contributed by atoms with Gasteiger partial charge in [-0.2, -0.15) is 0 Å². The number of ketones is 2. The van der Waals surface area contributed by atoms with Crippen molar-refractivity contribution in [1.82, 2.24) is 5.32 Å². The third-order valence-corrected chi connectivity index (χ3v) is 7.85. The molecule has 1 aliphatic heterocycles. The Balaban J connectivity index is 1.44. The van der Waals surface area contributed by atoms with Crippen molar-refractivity contribution in [3.05, 3.63) is 130 Å². The summed E-state index contributed by atoms with van der Waals surface area (Å²) in [5.41, 5.74) is 8.20. The van der Waals surface area contributed by atoms with Gasteiger partial charge in [0.15, 0.2) is 11.6 Å². The molecule has 2 aliphatic carbocycles. The van der Waals surface area contributed by atoms with Gasteiger partial charge >= 0.3 is 0 Å². The van der Waals surface area contributed by atoms with Crippen LogP contribution in [0, 0.1) is 6.92 Å². The number of rotatable bonds is 3. The quantitative estimate of drug-likeness (QED) is 0.487. The average Bonchev–Trinajstić information content (AvgIpc) is 2.89. The maximum atomic E-state index is 13.7. The highest BCUT2D eigenvalue weighted by Gasteiger charge is 2.43. The molecule has 0 spiro atoms. The zero-order valence-corrected chi connectivity index (χ0v) is 20.0. The van der Waals surface area contributed by atoms with Crippen molar-refractivity contribution in [3.8, 4) is 0 Å². The normalized spacial score (nSPS) is 22.5. The Morgan fingerprint density at radius 2 is 1.03 bits per heavy atom. The number of nitrogens with one attached hydrogen (secondary N) is 1. The van der Waals surface area contributed by atoms with E-state index in [1.54, 1.807) is 0 Å². The fourth-order valence-electron chi connectivity index (χ4n) is 6.11. The Morgan fingerprint density at radius 3 is 1.49 bits per heavy atom. The summed E-state index contributed by atoms with van der Waals surface area (Å²) in [6.45, 7) is 2.06. The van der Waals surface area contributed by atoms with Gasteiger partial charge in [-0.15, -0.1) is 0 Å². The van der Waals surface area contributed by atoms with Crippen LogP contribution in [0.15, 0.2) is 107 Å². The number of aryl methyl sites for hydroxylation is 1. The minimum Gasteiger partial charge on any atom is -0.362 e. The van der Waals surface area contributed by atoms with E-state index < -0.39 is 0 Å². The van der Waals surface area contributed by atoms with E-state index in [0.717, 1.165) is 40.9 Å². The summed E-state index contributed by atoms with van der Waals surface area (Å²) in [6, 6.07) is 29.0. The molecule has 3 aromatic rings. The molecule has 0 aromatic heterocycles. The topological polar surface area (TPSA) is 46.2 Å². The molecule has 0 bridgehead atoms. The Kier molecular flexibility index (Phi) is 5.49. The number of allylic oxidation sites excluding steroid dienone is 4. The number of carbonyl (C=O) groups is 2. The predicted molar refractivity (Wildman–Crippen MR) is 138 cm³/mol. The van der Waals surface area contributed by atoms with E-state index in [9.17, 15) is 9.59 Å². The summed E-state index contributed by atoms with van der Waals surface area (Å²) in [7, 11) is 0. The van der Waals surface area contributed by atoms with Crippen LogP contribution in [0.25, 0.3) is 0 Å². The lowest BCUT2D eigenvalue weighted by atomic mass is 9.67. The number of benzene rings is 3. The lowest BCUT2D eigenvalue weighted by molar-refractivity contribution is -0.117. The van der Waals surface area contributed by atoms with E-state index >= 15 is 0 Å². The maximum Gasteiger partial charge on any atom is 0.162 e. The van der Waals surface area contributed by atoms with Gasteiger partial charge in [-0.05, 0) is 48.3 Å². The fraction of sp³-hybridized carbons (Fsp3) is 0.250. The predicted octanol–water partition coefficient (Wildman–Crippen LogP) is 6.48. The standard InChI is InChI=1S/C32H29NO2/c1-20-12-14-23(15-13-20)30-31-26(16-24(18-28(31)34)21-8-4-2-5-9-21)33-27-17-25(19-29(35)32(27)30)22-10-6-3-7-11-22/h2-15,24-25,30,33H,16-19H2,1H3/t24-,25-/m0/s1. The fourth-order valence-corrected chi connectivity index (χ4v) is 6.11. The Morgan fingerprint density at radius 1 is 0.571 bits per heavy atom. The second-order valence-electron chi connectivity index (χ2n) is 10.1. The molecule has 1 heterocycles. The van der Waals surface area contributed by atoms with Crippen LogP contribution in [0.3, 0.4) is 0 Å². The summed E-state index contributed by atoms with van der Waals surface area (Å²) in [5, 5.41) is 3.65. The Hall–Kier alpha value is -3.72. The lowest BCUT2D eigenvalue weighted by Gasteiger charge is -2.40. The summed E-state index contributed by atoms with van der Waals surface area (Å²) in [4.78, 5) is 27.4. The smallest absolute Gasteiger partial charge is 0.162 e. The van der Waals surface area contributed by atoms with E-state index in [-0.39, 0.29) is 29.3 Å². The number of dihydropyridines is 1. The Bertz CT molecular complexity index is 1270. The molecule has 1 N–H and O–H groups in total. The van der Waals surface area contributed by atoms with Gasteiger partial charge in [0, 0.05) is 41.3 Å². The molecule has 0 amide bonds. The molecule has 174 valence electrons. The number of hydrogen-bond acceptors (Lipinski definition) is 3. The van der Waals surface area contributed by atoms with Gasteiger partial charge < -0.3 is 5.32 Å². The second-order valence-corrected chi connectivity index (χ2v) is 10.1. The molecule has 35 heavy (non-hydrogen) atoms. The van der Waals surface area contributed by atoms with Gasteiger partial charge in [0.1, 0.15) is 0 Å². The first-order valence-corrected chi connectivity index (χ1v) is 12.5. The largest absolute Gasteiger partial charge is 0.362 e. The average molecular weight is 460 g/mol. The summed E-state index contributed by atoms with van der Waals surface area (Å²) < 4.78 is 0. The van der Waals surface area contributed by atoms with Crippen LogP contribution >= 0.6 is 0 Å². The van der Waals surface area contributed by atoms with Crippen LogP contribution in [-0.2, 0) is 9.59 Å². The highest BCUT2D eigenvalue weighted by molar-refractivity contribution is 6.07. The first-order chi connectivity index (χ1) is 17.1. The van der Waals surface area contributed by atoms with Crippen molar-refractivity contribution in [2.45, 2.75) is 50.4 Å². The number of hydrogen-bond donors (Lipinski definition) is 1. The first kappa shape index (κ1) is 21.8. The number of Topliss-reactive ketones (excluding diaryl/α,β-unsaturated/α-hetero) is 2. The van der Waals surface area contributed by atoms with E-state index in [2.05, 4.69) is 60.8 Å². The zero-order chi connectivity index (χ0) is 23.9. The van der Waals surface area contributed by atoms with Gasteiger partial charge in [-0.25, -0.2) is 0 Å². The molecule has 2 atom stereocenters. The van der Waals surface area contributed by atoms with Crippen molar-refractivity contribution in [1.29, 1.82) is 0 Å². The van der Waals surface area contributed by atoms with Crippen LogP contribution in [0.1, 0.15) is 65.7 Å². The SMILES string of the molecule is Cc1ccc(C2C3=C(C[C@H](c4ccccc4)CC3=O)NC3=C2C(=O)C[C@@H](c2ccccc2)C3)cc1. The molecule has 3 aromatic carbocycles. The van der Waals surface area contributed by atoms with E-state index in [4.69, 9.17) is 0 Å². The van der Waals surface area contributed by atoms with Gasteiger partial charge in [0.05, 0.1) is 0 Å². The van der Waals surface area contributed by atoms with Gasteiger partial charge in [0.25, 0.3) is 0 Å². The van der Waals surface area contributed by atoms with E-state index in [1.165, 1.54) is 16.7 Å². The van der Waals surface area contributed by atoms with Crippen molar-refractivity contribution in [2.24, 2.45) is 0 Å². The van der Waals surface area contributed by atoms with Crippen LogP contribution in [0.5, 0.6) is 0 Å². The molecular weight excluding hydrogens is 430 g/mol. The van der Waals surface area contributed by atoms with Crippen molar-refractivity contribution < 1.29 is 9.59 Å². The molecule has 3 nitrogen and oxygen atoms in total. The molecule has 6 rings (SSSR count). The molecular formula is C32H29NO2. The van der Waals surface area contributed by atoms with E-state index in [1.807, 2.05) is 36.4 Å².